The minimum absolute atomic E-state index is 0.00321. The molecule has 0 radical (unpaired) electrons. The molecule has 0 fully saturated rings. The number of hydrogen-bond donors (Lipinski definition) is 5. The highest BCUT2D eigenvalue weighted by atomic mass is 35.5. The largest absolute Gasteiger partial charge is 0.492 e. The summed E-state index contributed by atoms with van der Waals surface area (Å²) in [6, 6.07) is 31.3. The lowest BCUT2D eigenvalue weighted by Crippen LogP contribution is -2.27. The van der Waals surface area contributed by atoms with Gasteiger partial charge in [0.25, 0.3) is 0 Å². The number of fused-ring (bicyclic) bond motifs is 4. The molecule has 0 saturated carbocycles. The molecule has 0 saturated heterocycles. The third-order valence-corrected chi connectivity index (χ3v) is 22.3. The molecule has 12 rings (SSSR count). The van der Waals surface area contributed by atoms with Gasteiger partial charge in [0.1, 0.15) is 116 Å². The first-order valence-corrected chi connectivity index (χ1v) is 48.1. The number of rotatable bonds is 47. The summed E-state index contributed by atoms with van der Waals surface area (Å²) in [5.74, 6) is 1.41. The maximum atomic E-state index is 13.6. The average molecular weight is 2070 g/mol. The fourth-order valence-corrected chi connectivity index (χ4v) is 15.0. The van der Waals surface area contributed by atoms with E-state index in [0.29, 0.717) is 153 Å². The SMILES string of the molecule is CC(C)OCCOc1cc2ncnc(Nc3ccc(F)c(Cl)c3)c2cc1CC(=O)/C=C/CN(C)C.CN(C)C/C=C/C(=O)Cc1cc2c(Nc3ccc(F)c(Cl)c3)ncnc2cc1OCCNS(C)(=O)=O.CN(C)C/C=C/C(=O)Cc1cc2c(Nc3ccc(F)c(Cl)c3)ncnc2cc1OCCOCC(F)(F)F.COCCSc1cc2ncnc(Nc3ccc(F)c(Cl)c3)c2cc1CC(=O)/C=C/CN(C)C. The van der Waals surface area contributed by atoms with E-state index in [4.69, 9.17) is 70.1 Å². The summed E-state index contributed by atoms with van der Waals surface area (Å²) in [5, 5.41) is 15.0. The minimum atomic E-state index is -4.44. The van der Waals surface area contributed by atoms with Crippen LogP contribution in [0.3, 0.4) is 0 Å². The number of hydrogen-bond acceptors (Lipinski definition) is 29. The van der Waals surface area contributed by atoms with Crippen LogP contribution in [0.5, 0.6) is 17.2 Å². The van der Waals surface area contributed by atoms with Crippen molar-refractivity contribution in [1.29, 1.82) is 0 Å². The molecule has 29 nitrogen and oxygen atoms in total. The highest BCUT2D eigenvalue weighted by Crippen LogP contribution is 2.38. The van der Waals surface area contributed by atoms with E-state index in [1.807, 2.05) is 120 Å². The predicted octanol–water partition coefficient (Wildman–Crippen LogP) is 19.0. The number of allylic oxidation sites excluding steroid dienone is 4. The number of likely N-dealkylation sites (N-methyl/N-ethyl adjacent to an activating group) is 4. The van der Waals surface area contributed by atoms with Gasteiger partial charge in [0, 0.05) is 155 Å². The van der Waals surface area contributed by atoms with Crippen molar-refractivity contribution in [2.45, 2.75) is 56.7 Å². The molecule has 8 aromatic carbocycles. The Morgan fingerprint density at radius 3 is 1.02 bits per heavy atom. The van der Waals surface area contributed by atoms with Crippen molar-refractivity contribution in [3.63, 3.8) is 0 Å². The molecule has 0 unspecified atom stereocenters. The van der Waals surface area contributed by atoms with Gasteiger partial charge < -0.3 is 69.3 Å². The number of sulfonamides is 1. The fourth-order valence-electron chi connectivity index (χ4n) is 12.9. The minimum Gasteiger partial charge on any atom is -0.492 e. The van der Waals surface area contributed by atoms with Crippen LogP contribution in [-0.4, -0.2) is 258 Å². The van der Waals surface area contributed by atoms with Crippen LogP contribution in [0.1, 0.15) is 36.1 Å². The van der Waals surface area contributed by atoms with Crippen LogP contribution in [0.15, 0.2) is 200 Å². The number of ether oxygens (including phenoxy) is 6. The number of nitrogens with one attached hydrogen (secondary N) is 5. The summed E-state index contributed by atoms with van der Waals surface area (Å²) in [6.45, 7) is 6.11. The van der Waals surface area contributed by atoms with Crippen molar-refractivity contribution >= 4 is 181 Å². The molecule has 42 heteroatoms. The molecule has 0 bridgehead atoms. The standard InChI is InChI=1S/C26H30ClFN4O3.C25H25ClF4N4O3.C24H27ClFN5O4S.C24H26ClFN4O2S/c1-17(2)34-10-11-35-25-15-24-21(13-18(25)12-20(33)6-5-9-32(3)4)26(30-16-29-24)31-19-7-8-23(28)22(27)14-19;1-34(2)7-3-4-18(35)10-16-11-19-22(13-23(16)37-9-8-36-14-25(28,29)30)31-15-32-24(19)33-17-5-6-21(27)20(26)12-17;1-31(2)9-4-5-18(32)11-16-12-19-22(14-23(16)35-10-8-29-36(3,33)34)27-15-28-24(19)30-17-6-7-21(26)20(25)13-17;1-30(2)8-4-5-18(31)11-16-12-19-22(14-23(16)33-10-9-32-3)27-15-28-24(19)29-17-6-7-21(26)20(25)13-17/h5-8,13-17H,9-12H2,1-4H3,(H,29,30,31);3-6,11-13,15H,7-10,14H2,1-2H3,(H,31,32,33);4-7,12-15,29H,8-11H2,1-3H3,(H,27,28,30);4-7,12-15H,8-11H2,1-3H3,(H,27,28,29)/b6-5+;4-3+;2*5-4+. The zero-order valence-corrected chi connectivity index (χ0v) is 84.0. The van der Waals surface area contributed by atoms with Crippen molar-refractivity contribution in [2.24, 2.45) is 0 Å². The van der Waals surface area contributed by atoms with Gasteiger partial charge in [-0.05, 0) is 203 Å². The molecule has 0 atom stereocenters. The van der Waals surface area contributed by atoms with Crippen LogP contribution in [-0.2, 0) is 69.1 Å². The first kappa shape index (κ1) is 113. The Morgan fingerprint density at radius 1 is 0.418 bits per heavy atom. The van der Waals surface area contributed by atoms with Gasteiger partial charge >= 0.3 is 6.18 Å². The second kappa shape index (κ2) is 56.0. The number of carbonyl (C=O) groups excluding carboxylic acids is 4. The van der Waals surface area contributed by atoms with Crippen molar-refractivity contribution in [3.05, 3.63) is 261 Å². The van der Waals surface area contributed by atoms with Gasteiger partial charge in [-0.25, -0.2) is 70.6 Å². The Kier molecular flexibility index (Phi) is 44.7. The smallest absolute Gasteiger partial charge is 0.411 e. The summed E-state index contributed by atoms with van der Waals surface area (Å²) in [7, 11) is 13.6. The van der Waals surface area contributed by atoms with Crippen molar-refractivity contribution < 1.29 is 86.8 Å². The summed E-state index contributed by atoms with van der Waals surface area (Å²) >= 11 is 25.2. The van der Waals surface area contributed by atoms with Gasteiger partial charge in [-0.1, -0.05) is 70.7 Å². The maximum Gasteiger partial charge on any atom is 0.411 e. The summed E-state index contributed by atoms with van der Waals surface area (Å²) in [5.41, 5.74) is 7.20. The summed E-state index contributed by atoms with van der Waals surface area (Å²) in [6.07, 6.45) is 16.1. The van der Waals surface area contributed by atoms with Crippen molar-refractivity contribution in [2.75, 3.05) is 176 Å². The predicted molar refractivity (Wildman–Crippen MR) is 542 cm³/mol. The second-order valence-corrected chi connectivity index (χ2v) is 37.3. The number of thioether (sulfide) groups is 1. The quantitative estimate of drug-likeness (QED) is 0.0102. The molecule has 4 heterocycles. The van der Waals surface area contributed by atoms with Gasteiger partial charge in [0.2, 0.25) is 10.0 Å². The number of alkyl halides is 3. The Hall–Kier alpha value is -12.0. The topological polar surface area (TPSA) is 334 Å². The van der Waals surface area contributed by atoms with E-state index < -0.39 is 46.1 Å². The van der Waals surface area contributed by atoms with Gasteiger partial charge in [0.15, 0.2) is 23.1 Å². The number of nitrogens with zero attached hydrogens (tertiary/aromatic N) is 12. The first-order valence-electron chi connectivity index (χ1n) is 43.7. The van der Waals surface area contributed by atoms with Crippen molar-refractivity contribution in [1.82, 2.24) is 64.2 Å². The zero-order valence-electron chi connectivity index (χ0n) is 79.3. The maximum absolute atomic E-state index is 13.6. The number of carbonyl (C=O) groups is 4. The average Bonchev–Trinajstić information content (AvgIpc) is 0.801. The third kappa shape index (κ3) is 38.8. The second-order valence-electron chi connectivity index (χ2n) is 32.7. The molecule has 0 amide bonds. The Balaban J connectivity index is 0.000000210. The first-order chi connectivity index (χ1) is 67.1. The van der Waals surface area contributed by atoms with E-state index in [2.05, 4.69) is 70.6 Å². The highest BCUT2D eigenvalue weighted by Gasteiger charge is 2.28. The normalized spacial score (nSPS) is 11.8. The van der Waals surface area contributed by atoms with Crippen LogP contribution in [0.2, 0.25) is 20.1 Å². The molecular weight excluding hydrogens is 1960 g/mol. The van der Waals surface area contributed by atoms with Gasteiger partial charge in [-0.3, -0.25) is 19.2 Å². The molecule has 5 N–H and O–H groups in total. The van der Waals surface area contributed by atoms with Crippen molar-refractivity contribution in [3.8, 4) is 17.2 Å². The van der Waals surface area contributed by atoms with Crippen LogP contribution in [0, 0.1) is 23.3 Å². The van der Waals surface area contributed by atoms with Crippen LogP contribution < -0.4 is 40.2 Å². The molecule has 141 heavy (non-hydrogen) atoms. The Labute approximate surface area is 837 Å². The molecule has 4 aromatic heterocycles. The fraction of sp³-hybridized carbons (Fsp3) is 0.313. The molecule has 750 valence electrons. The van der Waals surface area contributed by atoms with E-state index in [1.54, 1.807) is 85.6 Å². The Morgan fingerprint density at radius 2 is 0.723 bits per heavy atom. The number of ketones is 4. The molecular formula is C99H108Cl4F7N17O12S2. The lowest BCUT2D eigenvalue weighted by atomic mass is 10.0. The summed E-state index contributed by atoms with van der Waals surface area (Å²) in [4.78, 5) is 93.9. The van der Waals surface area contributed by atoms with Gasteiger partial charge in [0.05, 0.1) is 74.3 Å². The monoisotopic (exact) mass is 2060 g/mol. The van der Waals surface area contributed by atoms with Crippen LogP contribution in [0.25, 0.3) is 43.6 Å². The number of methoxy groups -OCH3 is 1. The third-order valence-electron chi connectivity index (χ3n) is 19.4. The lowest BCUT2D eigenvalue weighted by molar-refractivity contribution is -0.175. The van der Waals surface area contributed by atoms with E-state index in [-0.39, 0.29) is 107 Å². The summed E-state index contributed by atoms with van der Waals surface area (Å²) < 4.78 is 149. The van der Waals surface area contributed by atoms with E-state index in [1.165, 1.54) is 98.1 Å². The zero-order chi connectivity index (χ0) is 102. The van der Waals surface area contributed by atoms with Crippen LogP contribution >= 0.6 is 58.2 Å². The molecule has 0 aliphatic rings. The number of aromatic nitrogens is 8. The van der Waals surface area contributed by atoms with Gasteiger partial charge in [-0.2, -0.15) is 13.2 Å². The van der Waals surface area contributed by atoms with Crippen LogP contribution in [0.4, 0.5) is 76.8 Å². The number of halogens is 11. The van der Waals surface area contributed by atoms with E-state index >= 15 is 0 Å². The van der Waals surface area contributed by atoms with Gasteiger partial charge in [-0.15, -0.1) is 11.8 Å². The molecule has 0 spiro atoms. The highest BCUT2D eigenvalue weighted by molar-refractivity contribution is 7.99. The van der Waals surface area contributed by atoms with E-state index in [0.717, 1.165) is 33.4 Å². The van der Waals surface area contributed by atoms with E-state index in [9.17, 15) is 58.3 Å². The lowest BCUT2D eigenvalue weighted by Gasteiger charge is -2.15. The molecule has 12 aromatic rings. The number of anilines is 8. The molecule has 0 aliphatic carbocycles. The Bertz CT molecular complexity index is 6560. The molecule has 0 aliphatic heterocycles. The number of benzene rings is 8.